The third-order valence-electron chi connectivity index (χ3n) is 8.79. The largest absolute Gasteiger partial charge is 0.495 e. The summed E-state index contributed by atoms with van der Waals surface area (Å²) in [5.41, 5.74) is 2.02. The van der Waals surface area contributed by atoms with Crippen molar-refractivity contribution >= 4 is 29.3 Å². The topological polar surface area (TPSA) is 149 Å². The zero-order valence-corrected chi connectivity index (χ0v) is 28.5. The van der Waals surface area contributed by atoms with Gasteiger partial charge in [-0.15, -0.1) is 0 Å². The summed E-state index contributed by atoms with van der Waals surface area (Å²) in [5, 5.41) is 11.6. The number of rotatable bonds is 7. The van der Waals surface area contributed by atoms with E-state index in [1.54, 1.807) is 20.8 Å². The van der Waals surface area contributed by atoms with Gasteiger partial charge in [0.25, 0.3) is 11.5 Å². The van der Waals surface area contributed by atoms with Gasteiger partial charge in [0.1, 0.15) is 29.0 Å². The fraction of sp³-hybridized carbons (Fsp3) is 0.471. The Morgan fingerprint density at radius 1 is 1.12 bits per heavy atom. The molecule has 0 aliphatic carbocycles. The molecule has 0 spiro atoms. The number of benzene rings is 2. The number of aliphatic hydroxyl groups is 1. The molecule has 2 amide bonds. The maximum absolute atomic E-state index is 15.8. The molecule has 3 aromatic rings. The molecule has 2 aliphatic rings. The average Bonchev–Trinajstić information content (AvgIpc) is 3.05. The Kier molecular flexibility index (Phi) is 10.1. The van der Waals surface area contributed by atoms with Crippen LogP contribution in [0.2, 0.25) is 5.02 Å². The molecule has 2 fully saturated rings. The van der Waals surface area contributed by atoms with Gasteiger partial charge in [0, 0.05) is 44.0 Å². The van der Waals surface area contributed by atoms with E-state index >= 15 is 8.78 Å². The van der Waals surface area contributed by atoms with E-state index in [0.29, 0.717) is 10.8 Å². The summed E-state index contributed by atoms with van der Waals surface area (Å²) in [6.45, 7) is 3.61. The van der Waals surface area contributed by atoms with Crippen LogP contribution in [-0.4, -0.2) is 86.9 Å². The minimum atomic E-state index is -3.80. The SMILES string of the molecule is COc1cc(Oc2ncn(C[C@@]3(O)CCN(C(=O)[C@@H]4CCN(C(=O)OC(C)(C)C)C[C@H]4c4ccccc4)CC3(F)F)c(=O)c2N)ccc1Cl. The summed E-state index contributed by atoms with van der Waals surface area (Å²) in [7, 11) is 1.42. The quantitative estimate of drug-likeness (QED) is 0.350. The second-order valence-corrected chi connectivity index (χ2v) is 13.8. The molecule has 3 atom stereocenters. The van der Waals surface area contributed by atoms with Crippen molar-refractivity contribution in [1.82, 2.24) is 19.4 Å². The summed E-state index contributed by atoms with van der Waals surface area (Å²) < 4.78 is 48.8. The van der Waals surface area contributed by atoms with Crippen molar-refractivity contribution in [3.8, 4) is 17.4 Å². The van der Waals surface area contributed by atoms with Crippen LogP contribution >= 0.6 is 11.6 Å². The number of hydrogen-bond acceptors (Lipinski definition) is 9. The minimum Gasteiger partial charge on any atom is -0.495 e. The Balaban J connectivity index is 1.30. The molecule has 0 saturated carbocycles. The first-order valence-corrected chi connectivity index (χ1v) is 16.2. The molecule has 0 unspecified atom stereocenters. The fourth-order valence-corrected chi connectivity index (χ4v) is 6.34. The molecule has 49 heavy (non-hydrogen) atoms. The highest BCUT2D eigenvalue weighted by molar-refractivity contribution is 6.32. The predicted octanol–water partition coefficient (Wildman–Crippen LogP) is 4.92. The minimum absolute atomic E-state index is 0.173. The lowest BCUT2D eigenvalue weighted by molar-refractivity contribution is -0.223. The molecule has 0 radical (unpaired) electrons. The number of anilines is 1. The van der Waals surface area contributed by atoms with Crippen LogP contribution in [0.25, 0.3) is 0 Å². The van der Waals surface area contributed by atoms with Crippen molar-refractivity contribution in [3.63, 3.8) is 0 Å². The maximum Gasteiger partial charge on any atom is 0.410 e. The first-order valence-electron chi connectivity index (χ1n) is 15.8. The number of amides is 2. The van der Waals surface area contributed by atoms with Gasteiger partial charge >= 0.3 is 6.09 Å². The van der Waals surface area contributed by atoms with E-state index in [0.717, 1.165) is 21.4 Å². The van der Waals surface area contributed by atoms with Crippen molar-refractivity contribution in [3.05, 3.63) is 75.8 Å². The van der Waals surface area contributed by atoms with Crippen LogP contribution in [0.4, 0.5) is 19.3 Å². The number of likely N-dealkylation sites (tertiary alicyclic amines) is 2. The lowest BCUT2D eigenvalue weighted by Crippen LogP contribution is -2.64. The van der Waals surface area contributed by atoms with Gasteiger partial charge in [0.05, 0.1) is 25.2 Å². The van der Waals surface area contributed by atoms with E-state index in [1.807, 2.05) is 30.3 Å². The molecule has 2 saturated heterocycles. The van der Waals surface area contributed by atoms with Gasteiger partial charge in [-0.2, -0.15) is 0 Å². The van der Waals surface area contributed by atoms with Gasteiger partial charge in [-0.1, -0.05) is 41.9 Å². The molecule has 5 rings (SSSR count). The van der Waals surface area contributed by atoms with Crippen LogP contribution in [0.1, 0.15) is 45.1 Å². The predicted molar refractivity (Wildman–Crippen MR) is 177 cm³/mol. The van der Waals surface area contributed by atoms with Gasteiger partial charge in [-0.3, -0.25) is 14.2 Å². The van der Waals surface area contributed by atoms with Crippen molar-refractivity contribution in [1.29, 1.82) is 0 Å². The standard InChI is InChI=1S/C34H40ClF2N5O7/c1-32(2,3)49-31(45)40-14-12-23(24(17-40)21-8-6-5-7-9-21)29(43)41-15-13-33(46,34(36,37)19-41)18-42-20-39-28(27(38)30(42)44)48-22-10-11-25(35)26(16-22)47-4/h5-11,16,20,23-24,46H,12-15,17-19,38H2,1-4H3/t23-,24+,33+/m1/s1. The van der Waals surface area contributed by atoms with Gasteiger partial charge in [-0.05, 0) is 44.9 Å². The molecule has 2 aromatic carbocycles. The summed E-state index contributed by atoms with van der Waals surface area (Å²) in [6.07, 6.45) is 0.175. The third-order valence-corrected chi connectivity index (χ3v) is 9.10. The van der Waals surface area contributed by atoms with Crippen molar-refractivity contribution in [2.75, 3.05) is 39.0 Å². The Bertz CT molecular complexity index is 1750. The fourth-order valence-electron chi connectivity index (χ4n) is 6.15. The van der Waals surface area contributed by atoms with Crippen LogP contribution in [0.3, 0.4) is 0 Å². The van der Waals surface area contributed by atoms with Crippen LogP contribution < -0.4 is 20.8 Å². The van der Waals surface area contributed by atoms with Crippen LogP contribution in [0.15, 0.2) is 59.7 Å². The number of alkyl halides is 2. The number of carbonyl (C=O) groups excluding carboxylic acids is 2. The van der Waals surface area contributed by atoms with Crippen molar-refractivity contribution < 1.29 is 37.7 Å². The summed E-state index contributed by atoms with van der Waals surface area (Å²) >= 11 is 6.04. The highest BCUT2D eigenvalue weighted by Crippen LogP contribution is 2.41. The Morgan fingerprint density at radius 3 is 2.49 bits per heavy atom. The number of methoxy groups -OCH3 is 1. The van der Waals surface area contributed by atoms with Gasteiger partial charge in [0.15, 0.2) is 5.69 Å². The zero-order chi connectivity index (χ0) is 35.7. The van der Waals surface area contributed by atoms with Crippen LogP contribution in [-0.2, 0) is 16.1 Å². The second kappa shape index (κ2) is 13.8. The average molecular weight is 704 g/mol. The second-order valence-electron chi connectivity index (χ2n) is 13.4. The molecule has 0 bridgehead atoms. The number of ether oxygens (including phenoxy) is 3. The molecule has 2 aliphatic heterocycles. The monoisotopic (exact) mass is 703 g/mol. The number of nitrogens with zero attached hydrogens (tertiary/aromatic N) is 4. The lowest BCUT2D eigenvalue weighted by atomic mass is 9.79. The first kappa shape index (κ1) is 35.9. The number of carbonyl (C=O) groups is 2. The lowest BCUT2D eigenvalue weighted by Gasteiger charge is -2.46. The highest BCUT2D eigenvalue weighted by atomic mass is 35.5. The molecular weight excluding hydrogens is 664 g/mol. The number of nitrogen functional groups attached to an aromatic ring is 1. The molecule has 3 heterocycles. The number of hydrogen-bond donors (Lipinski definition) is 2. The normalized spacial score (nSPS) is 22.4. The van der Waals surface area contributed by atoms with Gasteiger partial charge in [0.2, 0.25) is 11.8 Å². The van der Waals surface area contributed by atoms with E-state index in [-0.39, 0.29) is 37.7 Å². The highest BCUT2D eigenvalue weighted by Gasteiger charge is 2.58. The Labute approximate surface area is 287 Å². The molecule has 12 nitrogen and oxygen atoms in total. The summed E-state index contributed by atoms with van der Waals surface area (Å²) in [6, 6.07) is 13.6. The van der Waals surface area contributed by atoms with Gasteiger partial charge < -0.3 is 34.9 Å². The van der Waals surface area contributed by atoms with E-state index in [1.165, 1.54) is 30.2 Å². The van der Waals surface area contributed by atoms with Crippen molar-refractivity contribution in [2.45, 2.75) is 63.2 Å². The summed E-state index contributed by atoms with van der Waals surface area (Å²) in [5.74, 6) is -5.20. The van der Waals surface area contributed by atoms with E-state index in [9.17, 15) is 19.5 Å². The van der Waals surface area contributed by atoms with E-state index in [4.69, 9.17) is 31.5 Å². The molecule has 1 aromatic heterocycles. The first-order chi connectivity index (χ1) is 23.0. The van der Waals surface area contributed by atoms with Crippen molar-refractivity contribution in [2.24, 2.45) is 5.92 Å². The number of aromatic nitrogens is 2. The number of piperidine rings is 2. The Morgan fingerprint density at radius 2 is 1.84 bits per heavy atom. The molecule has 264 valence electrons. The van der Waals surface area contributed by atoms with E-state index < -0.39 is 71.7 Å². The molecule has 3 N–H and O–H groups in total. The number of halogens is 3. The van der Waals surface area contributed by atoms with Crippen LogP contribution in [0, 0.1) is 5.92 Å². The Hall–Kier alpha value is -4.43. The van der Waals surface area contributed by atoms with E-state index in [2.05, 4.69) is 4.98 Å². The maximum atomic E-state index is 15.8. The zero-order valence-electron chi connectivity index (χ0n) is 27.7. The molecular formula is C34H40ClF2N5O7. The number of nitrogens with two attached hydrogens (primary N) is 1. The summed E-state index contributed by atoms with van der Waals surface area (Å²) in [4.78, 5) is 46.5. The smallest absolute Gasteiger partial charge is 0.410 e. The van der Waals surface area contributed by atoms with Gasteiger partial charge in [-0.25, -0.2) is 18.6 Å². The van der Waals surface area contributed by atoms with Crippen LogP contribution in [0.5, 0.6) is 17.4 Å². The molecule has 15 heteroatoms. The third kappa shape index (κ3) is 7.75.